The van der Waals surface area contributed by atoms with Gasteiger partial charge in [0.05, 0.1) is 6.20 Å². The van der Waals surface area contributed by atoms with Crippen molar-refractivity contribution in [3.05, 3.63) is 47.5 Å². The zero-order valence-electron chi connectivity index (χ0n) is 10.3. The number of benzene rings is 1. The van der Waals surface area contributed by atoms with Crippen molar-refractivity contribution in [2.24, 2.45) is 5.73 Å². The summed E-state index contributed by atoms with van der Waals surface area (Å²) >= 11 is 0. The van der Waals surface area contributed by atoms with E-state index in [1.807, 2.05) is 17.8 Å². The summed E-state index contributed by atoms with van der Waals surface area (Å²) in [6.07, 6.45) is 3.68. The Labute approximate surface area is 105 Å². The number of hydrogen-bond donors (Lipinski definition) is 1. The van der Waals surface area contributed by atoms with Crippen molar-refractivity contribution in [2.45, 2.75) is 26.6 Å². The maximum atomic E-state index is 13.0. The molecule has 1 aromatic carbocycles. The second-order valence-corrected chi connectivity index (χ2v) is 3.95. The maximum absolute atomic E-state index is 13.0. The fourth-order valence-corrected chi connectivity index (χ4v) is 1.66. The van der Waals surface area contributed by atoms with Gasteiger partial charge in [-0.15, -0.1) is 0 Å². The number of hydrogen-bond acceptors (Lipinski definition) is 3. The first-order chi connectivity index (χ1) is 8.72. The average molecular weight is 249 g/mol. The van der Waals surface area contributed by atoms with E-state index in [4.69, 9.17) is 10.5 Å². The molecular weight excluding hydrogens is 233 g/mol. The summed E-state index contributed by atoms with van der Waals surface area (Å²) in [5, 5.41) is 4.16. The highest BCUT2D eigenvalue weighted by Crippen LogP contribution is 2.20. The fraction of sp³-hybridized carbons (Fsp3) is 0.308. The van der Waals surface area contributed by atoms with Crippen LogP contribution in [0.1, 0.15) is 18.1 Å². The Bertz CT molecular complexity index is 525. The number of nitrogens with two attached hydrogens (primary N) is 1. The van der Waals surface area contributed by atoms with E-state index in [1.165, 1.54) is 12.1 Å². The van der Waals surface area contributed by atoms with Crippen LogP contribution in [-0.4, -0.2) is 9.78 Å². The molecule has 2 rings (SSSR count). The summed E-state index contributed by atoms with van der Waals surface area (Å²) in [5.74, 6) is 0.310. The van der Waals surface area contributed by atoms with Crippen LogP contribution in [0.2, 0.25) is 0 Å². The first kappa shape index (κ1) is 12.6. The monoisotopic (exact) mass is 249 g/mol. The van der Waals surface area contributed by atoms with E-state index >= 15 is 0 Å². The van der Waals surface area contributed by atoms with Gasteiger partial charge in [-0.1, -0.05) is 0 Å². The van der Waals surface area contributed by atoms with Crippen LogP contribution in [0.4, 0.5) is 4.39 Å². The lowest BCUT2D eigenvalue weighted by atomic mass is 10.2. The number of rotatable bonds is 5. The molecule has 1 heterocycles. The van der Waals surface area contributed by atoms with Crippen LogP contribution in [0.15, 0.2) is 30.6 Å². The summed E-state index contributed by atoms with van der Waals surface area (Å²) in [7, 11) is 0. The molecule has 0 saturated heterocycles. The van der Waals surface area contributed by atoms with Crippen molar-refractivity contribution >= 4 is 0 Å². The Morgan fingerprint density at radius 2 is 2.28 bits per heavy atom. The van der Waals surface area contributed by atoms with Gasteiger partial charge in [0.25, 0.3) is 0 Å². The second-order valence-electron chi connectivity index (χ2n) is 3.95. The van der Waals surface area contributed by atoms with E-state index in [0.717, 1.165) is 12.1 Å². The van der Waals surface area contributed by atoms with Crippen molar-refractivity contribution in [3.8, 4) is 5.75 Å². The first-order valence-corrected chi connectivity index (χ1v) is 5.85. The third-order valence-electron chi connectivity index (χ3n) is 2.65. The number of ether oxygens (including phenoxy) is 1. The van der Waals surface area contributed by atoms with Crippen LogP contribution in [0.3, 0.4) is 0 Å². The Kier molecular flexibility index (Phi) is 3.94. The molecule has 2 aromatic rings. The molecule has 5 heteroatoms. The van der Waals surface area contributed by atoms with Crippen molar-refractivity contribution < 1.29 is 9.13 Å². The minimum atomic E-state index is -0.304. The Morgan fingerprint density at radius 3 is 2.94 bits per heavy atom. The highest BCUT2D eigenvalue weighted by molar-refractivity contribution is 5.34. The van der Waals surface area contributed by atoms with Crippen LogP contribution in [0, 0.1) is 5.82 Å². The third-order valence-corrected chi connectivity index (χ3v) is 2.65. The van der Waals surface area contributed by atoms with Crippen molar-refractivity contribution in [3.63, 3.8) is 0 Å². The van der Waals surface area contributed by atoms with Gasteiger partial charge in [0.15, 0.2) is 0 Å². The molecule has 2 N–H and O–H groups in total. The summed E-state index contributed by atoms with van der Waals surface area (Å²) in [6.45, 7) is 3.49. The maximum Gasteiger partial charge on any atom is 0.124 e. The molecule has 0 aliphatic rings. The van der Waals surface area contributed by atoms with Gasteiger partial charge < -0.3 is 10.5 Å². The highest BCUT2D eigenvalue weighted by Gasteiger charge is 2.05. The number of halogens is 1. The minimum absolute atomic E-state index is 0.251. The lowest BCUT2D eigenvalue weighted by molar-refractivity contribution is 0.302. The Balaban J connectivity index is 2.05. The van der Waals surface area contributed by atoms with Gasteiger partial charge in [-0.2, -0.15) is 5.10 Å². The Morgan fingerprint density at radius 1 is 1.44 bits per heavy atom. The molecule has 18 heavy (non-hydrogen) atoms. The van der Waals surface area contributed by atoms with Crippen molar-refractivity contribution in [1.29, 1.82) is 0 Å². The first-order valence-electron chi connectivity index (χ1n) is 5.85. The van der Waals surface area contributed by atoms with Crippen LogP contribution >= 0.6 is 0 Å². The van der Waals surface area contributed by atoms with Crippen LogP contribution < -0.4 is 10.5 Å². The fourth-order valence-electron chi connectivity index (χ4n) is 1.66. The molecule has 0 unspecified atom stereocenters. The van der Waals surface area contributed by atoms with Crippen molar-refractivity contribution in [1.82, 2.24) is 9.78 Å². The summed E-state index contributed by atoms with van der Waals surface area (Å²) in [4.78, 5) is 0. The molecule has 0 bridgehead atoms. The van der Waals surface area contributed by atoms with E-state index in [2.05, 4.69) is 5.10 Å². The quantitative estimate of drug-likeness (QED) is 0.882. The molecule has 0 spiro atoms. The molecule has 0 saturated carbocycles. The van der Waals surface area contributed by atoms with E-state index in [1.54, 1.807) is 12.3 Å². The summed E-state index contributed by atoms with van der Waals surface area (Å²) < 4.78 is 20.5. The van der Waals surface area contributed by atoms with E-state index in [0.29, 0.717) is 17.9 Å². The van der Waals surface area contributed by atoms with Crippen LogP contribution in [-0.2, 0) is 19.7 Å². The standard InChI is InChI=1S/C13H16FN3O/c1-2-17-8-10(7-16-17)9-18-13-4-3-12(14)5-11(13)6-15/h3-5,7-8H,2,6,9,15H2,1H3. The number of aromatic nitrogens is 2. The molecule has 0 aliphatic heterocycles. The average Bonchev–Trinajstić information content (AvgIpc) is 2.85. The summed E-state index contributed by atoms with van der Waals surface area (Å²) in [6, 6.07) is 4.36. The third kappa shape index (κ3) is 2.87. The molecule has 0 radical (unpaired) electrons. The number of nitrogens with zero attached hydrogens (tertiary/aromatic N) is 2. The van der Waals surface area contributed by atoms with Crippen molar-refractivity contribution in [2.75, 3.05) is 0 Å². The minimum Gasteiger partial charge on any atom is -0.488 e. The van der Waals surface area contributed by atoms with E-state index in [9.17, 15) is 4.39 Å². The molecule has 1 aromatic heterocycles. The van der Waals surface area contributed by atoms with Gasteiger partial charge in [0.2, 0.25) is 0 Å². The molecule has 0 amide bonds. The lowest BCUT2D eigenvalue weighted by Crippen LogP contribution is -2.03. The van der Waals surface area contributed by atoms with Gasteiger partial charge >= 0.3 is 0 Å². The van der Waals surface area contributed by atoms with Crippen LogP contribution in [0.25, 0.3) is 0 Å². The van der Waals surface area contributed by atoms with Gasteiger partial charge in [-0.3, -0.25) is 4.68 Å². The number of aryl methyl sites for hydroxylation is 1. The zero-order chi connectivity index (χ0) is 13.0. The molecule has 0 fully saturated rings. The Hall–Kier alpha value is -1.88. The van der Waals surface area contributed by atoms with E-state index in [-0.39, 0.29) is 12.4 Å². The zero-order valence-corrected chi connectivity index (χ0v) is 10.3. The smallest absolute Gasteiger partial charge is 0.124 e. The van der Waals surface area contributed by atoms with Gasteiger partial charge in [-0.25, -0.2) is 4.39 Å². The molecule has 0 atom stereocenters. The topological polar surface area (TPSA) is 53.1 Å². The molecule has 96 valence electrons. The normalized spacial score (nSPS) is 10.6. The molecular formula is C13H16FN3O. The van der Waals surface area contributed by atoms with E-state index < -0.39 is 0 Å². The van der Waals surface area contributed by atoms with Gasteiger partial charge in [-0.05, 0) is 25.1 Å². The molecule has 4 nitrogen and oxygen atoms in total. The predicted molar refractivity (Wildman–Crippen MR) is 66.5 cm³/mol. The summed E-state index contributed by atoms with van der Waals surface area (Å²) in [5.41, 5.74) is 7.19. The molecule has 0 aliphatic carbocycles. The largest absolute Gasteiger partial charge is 0.488 e. The van der Waals surface area contributed by atoms with Gasteiger partial charge in [0, 0.05) is 30.4 Å². The highest BCUT2D eigenvalue weighted by atomic mass is 19.1. The van der Waals surface area contributed by atoms with Gasteiger partial charge in [0.1, 0.15) is 18.2 Å². The van der Waals surface area contributed by atoms with Crippen LogP contribution in [0.5, 0.6) is 5.75 Å². The SMILES string of the molecule is CCn1cc(COc2ccc(F)cc2CN)cn1. The second kappa shape index (κ2) is 5.64. The lowest BCUT2D eigenvalue weighted by Gasteiger charge is -2.09. The predicted octanol–water partition coefficient (Wildman–Crippen LogP) is 2.08.